The molecule has 0 aliphatic heterocycles. The summed E-state index contributed by atoms with van der Waals surface area (Å²) in [4.78, 5) is 14.0. The van der Waals surface area contributed by atoms with Crippen molar-refractivity contribution in [2.24, 2.45) is 0 Å². The molecule has 0 unspecified atom stereocenters. The summed E-state index contributed by atoms with van der Waals surface area (Å²) in [6, 6.07) is 11.9. The van der Waals surface area contributed by atoms with E-state index in [9.17, 15) is 4.79 Å². The predicted molar refractivity (Wildman–Crippen MR) is 63.4 cm³/mol. The minimum absolute atomic E-state index is 0.203. The highest BCUT2D eigenvalue weighted by atomic mass is 32.1. The van der Waals surface area contributed by atoms with Crippen LogP contribution in [0.4, 0.5) is 0 Å². The molecule has 1 aromatic heterocycles. The van der Waals surface area contributed by atoms with Crippen LogP contribution >= 0.6 is 12.6 Å². The topological polar surface area (TPSA) is 32.9 Å². The maximum atomic E-state index is 11.0. The molecule has 0 bridgehead atoms. The quantitative estimate of drug-likeness (QED) is 0.761. The summed E-state index contributed by atoms with van der Waals surface area (Å²) in [5.41, 5.74) is 2.86. The average Bonchev–Trinajstić information content (AvgIpc) is 2.68. The molecule has 0 saturated carbocycles. The predicted octanol–water partition coefficient (Wildman–Crippen LogP) is 2.68. The number of H-pyrrole nitrogens is 1. The molecule has 0 atom stereocenters. The third-order valence-corrected chi connectivity index (χ3v) is 2.49. The molecule has 1 N–H and O–H groups in total. The van der Waals surface area contributed by atoms with E-state index in [4.69, 9.17) is 0 Å². The van der Waals surface area contributed by atoms with E-state index in [1.165, 1.54) is 5.56 Å². The number of benzene rings is 1. The molecule has 1 heterocycles. The Bertz CT molecular complexity index is 461. The summed E-state index contributed by atoms with van der Waals surface area (Å²) in [6.45, 7) is 0. The van der Waals surface area contributed by atoms with Gasteiger partial charge in [0, 0.05) is 23.9 Å². The van der Waals surface area contributed by atoms with Gasteiger partial charge >= 0.3 is 0 Å². The van der Waals surface area contributed by atoms with Gasteiger partial charge in [0.05, 0.1) is 0 Å². The van der Waals surface area contributed by atoms with Gasteiger partial charge in [-0.05, 0) is 11.6 Å². The number of hydrogen-bond donors (Lipinski definition) is 2. The van der Waals surface area contributed by atoms with E-state index < -0.39 is 0 Å². The van der Waals surface area contributed by atoms with E-state index in [1.54, 1.807) is 6.20 Å². The Balaban J connectivity index is 2.15. The first-order valence-corrected chi connectivity index (χ1v) is 5.15. The van der Waals surface area contributed by atoms with Crippen molar-refractivity contribution >= 4 is 17.7 Å². The minimum Gasteiger partial charge on any atom is -0.364 e. The van der Waals surface area contributed by atoms with E-state index >= 15 is 0 Å². The van der Waals surface area contributed by atoms with Crippen LogP contribution in [0.1, 0.15) is 21.6 Å². The third-order valence-electron chi connectivity index (χ3n) is 2.23. The normalized spacial score (nSPS) is 10.2. The number of aromatic amines is 1. The van der Waals surface area contributed by atoms with Crippen molar-refractivity contribution in [3.05, 3.63) is 59.4 Å². The highest BCUT2D eigenvalue weighted by Gasteiger charge is 2.04. The van der Waals surface area contributed by atoms with E-state index in [2.05, 4.69) is 29.7 Å². The highest BCUT2D eigenvalue weighted by Crippen LogP contribution is 2.11. The molecule has 2 aromatic rings. The number of hydrogen-bond acceptors (Lipinski definition) is 1. The van der Waals surface area contributed by atoms with Crippen LogP contribution in [0.3, 0.4) is 0 Å². The highest BCUT2D eigenvalue weighted by molar-refractivity contribution is 7.97. The van der Waals surface area contributed by atoms with Crippen LogP contribution in [-0.4, -0.2) is 10.1 Å². The van der Waals surface area contributed by atoms with Crippen LogP contribution in [-0.2, 0) is 6.42 Å². The summed E-state index contributed by atoms with van der Waals surface area (Å²) < 4.78 is 0. The van der Waals surface area contributed by atoms with E-state index in [0.717, 1.165) is 12.1 Å². The lowest BCUT2D eigenvalue weighted by Gasteiger charge is -1.97. The summed E-state index contributed by atoms with van der Waals surface area (Å²) >= 11 is 3.77. The molecule has 0 aliphatic carbocycles. The standard InChI is InChI=1S/C12H11NOS/c14-12(15)10-7-11(13-8-10)6-9-4-2-1-3-5-9/h1-5,7-8,13H,6H2,(H,14,15). The average molecular weight is 217 g/mol. The molecule has 3 heteroatoms. The lowest BCUT2D eigenvalue weighted by molar-refractivity contribution is 0.109. The SMILES string of the molecule is O=C(S)c1c[nH]c(Cc2ccccc2)c1. The van der Waals surface area contributed by atoms with Crippen molar-refractivity contribution in [3.63, 3.8) is 0 Å². The molecule has 2 nitrogen and oxygen atoms in total. The molecule has 0 aliphatic rings. The number of thiol groups is 1. The lowest BCUT2D eigenvalue weighted by Crippen LogP contribution is -1.87. The van der Waals surface area contributed by atoms with Crippen molar-refractivity contribution in [1.82, 2.24) is 4.98 Å². The second-order valence-corrected chi connectivity index (χ2v) is 3.79. The van der Waals surface area contributed by atoms with Crippen molar-refractivity contribution < 1.29 is 4.79 Å². The fourth-order valence-corrected chi connectivity index (χ4v) is 1.61. The molecule has 0 amide bonds. The molecule has 76 valence electrons. The fraction of sp³-hybridized carbons (Fsp3) is 0.0833. The summed E-state index contributed by atoms with van der Waals surface area (Å²) in [7, 11) is 0. The van der Waals surface area contributed by atoms with E-state index in [1.807, 2.05) is 24.3 Å². The maximum absolute atomic E-state index is 11.0. The van der Waals surface area contributed by atoms with Crippen LogP contribution in [0.15, 0.2) is 42.6 Å². The molecular formula is C12H11NOS. The summed E-state index contributed by atoms with van der Waals surface area (Å²) in [5, 5.41) is -0.203. The van der Waals surface area contributed by atoms with Gasteiger partial charge in [-0.3, -0.25) is 4.79 Å². The van der Waals surface area contributed by atoms with Crippen molar-refractivity contribution in [2.75, 3.05) is 0 Å². The molecule has 0 spiro atoms. The molecule has 1 aromatic carbocycles. The van der Waals surface area contributed by atoms with Gasteiger partial charge in [-0.1, -0.05) is 30.3 Å². The van der Waals surface area contributed by atoms with Gasteiger partial charge in [-0.15, -0.1) is 12.6 Å². The molecule has 0 fully saturated rings. The van der Waals surface area contributed by atoms with E-state index in [-0.39, 0.29) is 5.12 Å². The Morgan fingerprint density at radius 2 is 2.00 bits per heavy atom. The Hall–Kier alpha value is -1.48. The van der Waals surface area contributed by atoms with Crippen LogP contribution in [0.5, 0.6) is 0 Å². The second kappa shape index (κ2) is 4.36. The summed E-state index contributed by atoms with van der Waals surface area (Å²) in [5.74, 6) is 0. The van der Waals surface area contributed by atoms with Gasteiger partial charge in [0.25, 0.3) is 0 Å². The zero-order valence-corrected chi connectivity index (χ0v) is 9.00. The molecular weight excluding hydrogens is 206 g/mol. The molecule has 15 heavy (non-hydrogen) atoms. The van der Waals surface area contributed by atoms with Crippen LogP contribution in [0.25, 0.3) is 0 Å². The van der Waals surface area contributed by atoms with Crippen LogP contribution < -0.4 is 0 Å². The first-order chi connectivity index (χ1) is 7.25. The number of nitrogens with one attached hydrogen (secondary N) is 1. The van der Waals surface area contributed by atoms with Crippen LogP contribution in [0.2, 0.25) is 0 Å². The third kappa shape index (κ3) is 2.50. The first kappa shape index (κ1) is 10.1. The Labute approximate surface area is 93.7 Å². The zero-order chi connectivity index (χ0) is 10.7. The summed E-state index contributed by atoms with van der Waals surface area (Å²) in [6.07, 6.45) is 2.50. The van der Waals surface area contributed by atoms with Crippen molar-refractivity contribution in [2.45, 2.75) is 6.42 Å². The molecule has 0 radical (unpaired) electrons. The van der Waals surface area contributed by atoms with Gasteiger partial charge in [0.15, 0.2) is 0 Å². The molecule has 0 saturated heterocycles. The second-order valence-electron chi connectivity index (χ2n) is 3.38. The maximum Gasteiger partial charge on any atom is 0.217 e. The Kier molecular flexibility index (Phi) is 2.92. The molecule has 2 rings (SSSR count). The number of aromatic nitrogens is 1. The van der Waals surface area contributed by atoms with Gasteiger partial charge in [0.2, 0.25) is 5.12 Å². The largest absolute Gasteiger partial charge is 0.364 e. The first-order valence-electron chi connectivity index (χ1n) is 4.70. The van der Waals surface area contributed by atoms with Gasteiger partial charge < -0.3 is 4.98 Å². The van der Waals surface area contributed by atoms with Crippen LogP contribution in [0, 0.1) is 0 Å². The zero-order valence-electron chi connectivity index (χ0n) is 8.10. The lowest BCUT2D eigenvalue weighted by atomic mass is 10.1. The number of carbonyl (C=O) groups excluding carboxylic acids is 1. The Morgan fingerprint density at radius 1 is 1.27 bits per heavy atom. The smallest absolute Gasteiger partial charge is 0.217 e. The fourth-order valence-electron chi connectivity index (χ4n) is 1.48. The van der Waals surface area contributed by atoms with Gasteiger partial charge in [-0.25, -0.2) is 0 Å². The Morgan fingerprint density at radius 3 is 2.60 bits per heavy atom. The van der Waals surface area contributed by atoms with E-state index in [0.29, 0.717) is 5.56 Å². The van der Waals surface area contributed by atoms with Crippen molar-refractivity contribution in [3.8, 4) is 0 Å². The van der Waals surface area contributed by atoms with Gasteiger partial charge in [-0.2, -0.15) is 0 Å². The monoisotopic (exact) mass is 217 g/mol. The van der Waals surface area contributed by atoms with Crippen molar-refractivity contribution in [1.29, 1.82) is 0 Å². The van der Waals surface area contributed by atoms with Gasteiger partial charge in [0.1, 0.15) is 0 Å². The number of rotatable bonds is 3. The minimum atomic E-state index is -0.203. The number of carbonyl (C=O) groups is 1.